The second-order valence-electron chi connectivity index (χ2n) is 8.73. The monoisotopic (exact) mass is 360 g/mol. The van der Waals surface area contributed by atoms with Gasteiger partial charge >= 0.3 is 0 Å². The predicted molar refractivity (Wildman–Crippen MR) is 112 cm³/mol. The van der Waals surface area contributed by atoms with E-state index in [1.165, 1.54) is 71.2 Å². The van der Waals surface area contributed by atoms with Crippen LogP contribution in [0.3, 0.4) is 0 Å². The lowest BCUT2D eigenvalue weighted by molar-refractivity contribution is 0.125. The molecule has 27 heavy (non-hydrogen) atoms. The average molecular weight is 361 g/mol. The van der Waals surface area contributed by atoms with E-state index in [9.17, 15) is 0 Å². The zero-order chi connectivity index (χ0) is 18.1. The molecule has 2 saturated heterocycles. The van der Waals surface area contributed by atoms with Gasteiger partial charge in [-0.2, -0.15) is 0 Å². The number of rotatable bonds is 3. The van der Waals surface area contributed by atoms with E-state index in [0.717, 1.165) is 6.04 Å². The second-order valence-corrected chi connectivity index (χ2v) is 8.73. The quantitative estimate of drug-likeness (QED) is 0.796. The minimum absolute atomic E-state index is 0.531. The highest BCUT2D eigenvalue weighted by atomic mass is 15.2. The fourth-order valence-corrected chi connectivity index (χ4v) is 5.67. The van der Waals surface area contributed by atoms with Gasteiger partial charge in [0.2, 0.25) is 0 Å². The van der Waals surface area contributed by atoms with Gasteiger partial charge in [-0.15, -0.1) is 0 Å². The summed E-state index contributed by atoms with van der Waals surface area (Å²) >= 11 is 0. The van der Waals surface area contributed by atoms with E-state index in [1.807, 2.05) is 0 Å². The fraction of sp³-hybridized carbons (Fsp3) is 0.520. The van der Waals surface area contributed by atoms with E-state index < -0.39 is 0 Å². The molecule has 0 radical (unpaired) electrons. The van der Waals surface area contributed by atoms with Crippen LogP contribution >= 0.6 is 0 Å². The fourth-order valence-electron chi connectivity index (χ4n) is 5.67. The van der Waals surface area contributed by atoms with Crippen LogP contribution in [0.4, 0.5) is 0 Å². The van der Waals surface area contributed by atoms with Gasteiger partial charge in [0, 0.05) is 18.5 Å². The minimum Gasteiger partial charge on any atom is -0.302 e. The Hall–Kier alpha value is -1.64. The van der Waals surface area contributed by atoms with Gasteiger partial charge in [0.05, 0.1) is 0 Å². The number of fused-ring (bicyclic) bond motifs is 2. The van der Waals surface area contributed by atoms with E-state index in [2.05, 4.69) is 58.3 Å². The Kier molecular flexibility index (Phi) is 5.02. The first-order valence-corrected chi connectivity index (χ1v) is 11.0. The average Bonchev–Trinajstić information content (AvgIpc) is 3.21. The third-order valence-electron chi connectivity index (χ3n) is 7.18. The molecule has 0 atom stereocenters. The van der Waals surface area contributed by atoms with Crippen molar-refractivity contribution in [3.05, 3.63) is 70.8 Å². The third-order valence-corrected chi connectivity index (χ3v) is 7.18. The van der Waals surface area contributed by atoms with Crippen molar-refractivity contribution in [2.75, 3.05) is 32.7 Å². The van der Waals surface area contributed by atoms with Crippen LogP contribution < -0.4 is 0 Å². The first kappa shape index (κ1) is 17.5. The summed E-state index contributed by atoms with van der Waals surface area (Å²) < 4.78 is 0. The van der Waals surface area contributed by atoms with Crippen LogP contribution in [0.1, 0.15) is 53.9 Å². The zero-order valence-electron chi connectivity index (χ0n) is 16.4. The van der Waals surface area contributed by atoms with Crippen LogP contribution in [0.15, 0.2) is 48.5 Å². The Morgan fingerprint density at radius 1 is 0.704 bits per heavy atom. The van der Waals surface area contributed by atoms with Crippen LogP contribution in [0, 0.1) is 0 Å². The normalized spacial score (nSPS) is 22.4. The molecule has 0 amide bonds. The number of hydrogen-bond donors (Lipinski definition) is 0. The van der Waals surface area contributed by atoms with Crippen molar-refractivity contribution in [3.8, 4) is 0 Å². The topological polar surface area (TPSA) is 6.48 Å². The largest absolute Gasteiger partial charge is 0.302 e. The summed E-state index contributed by atoms with van der Waals surface area (Å²) in [5, 5.41) is 0. The third kappa shape index (κ3) is 3.58. The summed E-state index contributed by atoms with van der Waals surface area (Å²) in [6.07, 6.45) is 7.90. The van der Waals surface area contributed by atoms with E-state index in [-0.39, 0.29) is 0 Å². The van der Waals surface area contributed by atoms with Crippen molar-refractivity contribution in [2.24, 2.45) is 0 Å². The van der Waals surface area contributed by atoms with E-state index in [4.69, 9.17) is 0 Å². The number of hydrogen-bond acceptors (Lipinski definition) is 2. The summed E-state index contributed by atoms with van der Waals surface area (Å²) in [5.41, 5.74) is 6.27. The van der Waals surface area contributed by atoms with Gasteiger partial charge in [0.15, 0.2) is 0 Å². The molecule has 3 aliphatic rings. The lowest BCUT2D eigenvalue weighted by Gasteiger charge is -2.38. The summed E-state index contributed by atoms with van der Waals surface area (Å²) in [6.45, 7) is 6.40. The molecular formula is C25H32N2. The Morgan fingerprint density at radius 2 is 1.26 bits per heavy atom. The number of piperidine rings is 1. The van der Waals surface area contributed by atoms with Crippen molar-refractivity contribution in [1.29, 1.82) is 0 Å². The van der Waals surface area contributed by atoms with Gasteiger partial charge < -0.3 is 9.80 Å². The van der Waals surface area contributed by atoms with Crippen LogP contribution in [-0.2, 0) is 12.8 Å². The molecule has 2 aromatic rings. The molecule has 2 aromatic carbocycles. The SMILES string of the molecule is c1ccc2c(c1)CCc1ccccc1C2CN1CCC(N2CCCC2)CC1. The molecule has 2 aliphatic heterocycles. The van der Waals surface area contributed by atoms with Crippen molar-refractivity contribution >= 4 is 0 Å². The molecule has 142 valence electrons. The Bertz CT molecular complexity index is 722. The van der Waals surface area contributed by atoms with E-state index in [0.29, 0.717) is 5.92 Å². The van der Waals surface area contributed by atoms with Gasteiger partial charge in [-0.1, -0.05) is 48.5 Å². The highest BCUT2D eigenvalue weighted by Gasteiger charge is 2.29. The highest BCUT2D eigenvalue weighted by Crippen LogP contribution is 2.35. The maximum Gasteiger partial charge on any atom is 0.0222 e. The number of nitrogens with zero attached hydrogens (tertiary/aromatic N) is 2. The molecule has 2 heterocycles. The molecule has 5 rings (SSSR count). The van der Waals surface area contributed by atoms with Crippen LogP contribution in [-0.4, -0.2) is 48.6 Å². The number of aryl methyl sites for hydroxylation is 2. The molecule has 0 aromatic heterocycles. The minimum atomic E-state index is 0.531. The summed E-state index contributed by atoms with van der Waals surface area (Å²) in [7, 11) is 0. The van der Waals surface area contributed by atoms with Crippen LogP contribution in [0.2, 0.25) is 0 Å². The van der Waals surface area contributed by atoms with Crippen molar-refractivity contribution < 1.29 is 0 Å². The molecule has 0 N–H and O–H groups in total. The summed E-state index contributed by atoms with van der Waals surface area (Å²) in [6, 6.07) is 19.2. The first-order valence-electron chi connectivity index (χ1n) is 11.0. The van der Waals surface area contributed by atoms with Crippen molar-refractivity contribution in [1.82, 2.24) is 9.80 Å². The maximum atomic E-state index is 2.76. The van der Waals surface area contributed by atoms with Crippen molar-refractivity contribution in [2.45, 2.75) is 50.5 Å². The molecule has 2 nitrogen and oxygen atoms in total. The molecule has 0 saturated carbocycles. The lowest BCUT2D eigenvalue weighted by atomic mass is 9.87. The van der Waals surface area contributed by atoms with Crippen LogP contribution in [0.25, 0.3) is 0 Å². The second kappa shape index (κ2) is 7.77. The zero-order valence-corrected chi connectivity index (χ0v) is 16.4. The Balaban J connectivity index is 1.35. The maximum absolute atomic E-state index is 2.76. The molecule has 0 unspecified atom stereocenters. The van der Waals surface area contributed by atoms with Crippen molar-refractivity contribution in [3.63, 3.8) is 0 Å². The lowest BCUT2D eigenvalue weighted by Crippen LogP contribution is -2.45. The summed E-state index contributed by atoms with van der Waals surface area (Å²) in [4.78, 5) is 5.50. The molecule has 0 bridgehead atoms. The predicted octanol–water partition coefficient (Wildman–Crippen LogP) is 4.48. The summed E-state index contributed by atoms with van der Waals surface area (Å²) in [5.74, 6) is 0.531. The Labute approximate surface area is 164 Å². The van der Waals surface area contributed by atoms with Gasteiger partial charge in [0.25, 0.3) is 0 Å². The van der Waals surface area contributed by atoms with Gasteiger partial charge in [-0.05, 0) is 87.0 Å². The first-order chi connectivity index (χ1) is 13.4. The molecule has 0 spiro atoms. The number of benzene rings is 2. The van der Waals surface area contributed by atoms with Gasteiger partial charge in [-0.25, -0.2) is 0 Å². The standard InChI is InChI=1S/C25H32N2/c1-3-9-23-20(7-1)11-12-21-8-2-4-10-24(21)25(23)19-26-17-13-22(14-18-26)27-15-5-6-16-27/h1-4,7-10,22,25H,5-6,11-19H2. The molecular weight excluding hydrogens is 328 g/mol. The molecule has 2 heteroatoms. The van der Waals surface area contributed by atoms with Crippen LogP contribution in [0.5, 0.6) is 0 Å². The Morgan fingerprint density at radius 3 is 1.85 bits per heavy atom. The van der Waals surface area contributed by atoms with E-state index >= 15 is 0 Å². The van der Waals surface area contributed by atoms with Gasteiger partial charge in [0.1, 0.15) is 0 Å². The molecule has 1 aliphatic carbocycles. The van der Waals surface area contributed by atoms with Gasteiger partial charge in [-0.3, -0.25) is 0 Å². The number of likely N-dealkylation sites (tertiary alicyclic amines) is 2. The highest BCUT2D eigenvalue weighted by molar-refractivity contribution is 5.45. The van der Waals surface area contributed by atoms with E-state index in [1.54, 1.807) is 22.3 Å². The molecule has 2 fully saturated rings. The smallest absolute Gasteiger partial charge is 0.0222 e.